The predicted molar refractivity (Wildman–Crippen MR) is 57.5 cm³/mol. The monoisotopic (exact) mass is 227 g/mol. The second-order valence-corrected chi connectivity index (χ2v) is 4.06. The Kier molecular flexibility index (Phi) is 3.39. The van der Waals surface area contributed by atoms with E-state index in [-0.39, 0.29) is 6.10 Å². The van der Waals surface area contributed by atoms with Crippen LogP contribution in [0.25, 0.3) is 0 Å². The Morgan fingerprint density at radius 1 is 1.25 bits per heavy atom. The third-order valence-electron chi connectivity index (χ3n) is 3.00. The maximum Gasteiger partial charge on any atom is 0.162 e. The first kappa shape index (κ1) is 11.3. The summed E-state index contributed by atoms with van der Waals surface area (Å²) in [5, 5.41) is 3.17. The molecule has 2 unspecified atom stereocenters. The number of likely N-dealkylation sites (N-methyl/N-ethyl adjacent to an activating group) is 1. The maximum absolute atomic E-state index is 13.0. The van der Waals surface area contributed by atoms with Crippen molar-refractivity contribution in [3.8, 4) is 5.75 Å². The summed E-state index contributed by atoms with van der Waals surface area (Å²) >= 11 is 0. The van der Waals surface area contributed by atoms with E-state index in [2.05, 4.69) is 5.32 Å². The zero-order valence-corrected chi connectivity index (χ0v) is 9.17. The van der Waals surface area contributed by atoms with Gasteiger partial charge in [-0.25, -0.2) is 8.78 Å². The van der Waals surface area contributed by atoms with Crippen LogP contribution in [0.5, 0.6) is 5.75 Å². The summed E-state index contributed by atoms with van der Waals surface area (Å²) in [7, 11) is 1.89. The molecule has 0 aliphatic heterocycles. The Morgan fingerprint density at radius 3 is 2.75 bits per heavy atom. The van der Waals surface area contributed by atoms with Crippen molar-refractivity contribution in [2.75, 3.05) is 7.05 Å². The molecular formula is C12H15F2NO. The van der Waals surface area contributed by atoms with Crippen molar-refractivity contribution in [2.45, 2.75) is 31.4 Å². The first-order chi connectivity index (χ1) is 7.70. The molecule has 0 saturated heterocycles. The maximum atomic E-state index is 13.0. The summed E-state index contributed by atoms with van der Waals surface area (Å²) in [5.41, 5.74) is 0. The summed E-state index contributed by atoms with van der Waals surface area (Å²) in [6.07, 6.45) is 3.16. The van der Waals surface area contributed by atoms with Gasteiger partial charge in [-0.3, -0.25) is 0 Å². The number of rotatable bonds is 3. The molecule has 1 aromatic rings. The lowest BCUT2D eigenvalue weighted by molar-refractivity contribution is 0.178. The average molecular weight is 227 g/mol. The number of hydrogen-bond donors (Lipinski definition) is 1. The third kappa shape index (κ3) is 2.32. The van der Waals surface area contributed by atoms with E-state index in [9.17, 15) is 8.78 Å². The van der Waals surface area contributed by atoms with Gasteiger partial charge in [-0.1, -0.05) is 0 Å². The summed E-state index contributed by atoms with van der Waals surface area (Å²) in [5.74, 6) is -1.31. The molecule has 88 valence electrons. The van der Waals surface area contributed by atoms with Crippen molar-refractivity contribution in [3.05, 3.63) is 29.8 Å². The van der Waals surface area contributed by atoms with Crippen LogP contribution in [0.1, 0.15) is 19.3 Å². The number of halogens is 2. The van der Waals surface area contributed by atoms with Crippen LogP contribution in [0.2, 0.25) is 0 Å². The lowest BCUT2D eigenvalue weighted by Gasteiger charge is -2.20. The summed E-state index contributed by atoms with van der Waals surface area (Å²) in [4.78, 5) is 0. The molecule has 1 aliphatic rings. The van der Waals surface area contributed by atoms with Crippen LogP contribution >= 0.6 is 0 Å². The molecule has 0 amide bonds. The molecule has 1 aliphatic carbocycles. The van der Waals surface area contributed by atoms with Gasteiger partial charge >= 0.3 is 0 Å². The van der Waals surface area contributed by atoms with Gasteiger partial charge in [-0.05, 0) is 38.4 Å². The average Bonchev–Trinajstić information content (AvgIpc) is 2.71. The van der Waals surface area contributed by atoms with Crippen LogP contribution in [0.4, 0.5) is 8.78 Å². The van der Waals surface area contributed by atoms with E-state index >= 15 is 0 Å². The number of hydrogen-bond acceptors (Lipinski definition) is 2. The minimum atomic E-state index is -0.864. The fourth-order valence-electron chi connectivity index (χ4n) is 2.12. The normalized spacial score (nSPS) is 24.7. The largest absolute Gasteiger partial charge is 0.489 e. The van der Waals surface area contributed by atoms with Crippen LogP contribution in [0, 0.1) is 11.6 Å². The standard InChI is InChI=1S/C12H15F2NO/c1-15-11-3-2-4-12(11)16-8-5-6-9(13)10(14)7-8/h5-7,11-12,15H,2-4H2,1H3. The molecule has 0 spiro atoms. The Hall–Kier alpha value is -1.16. The Labute approximate surface area is 93.6 Å². The summed E-state index contributed by atoms with van der Waals surface area (Å²) < 4.78 is 31.3. The van der Waals surface area contributed by atoms with Crippen LogP contribution in [-0.4, -0.2) is 19.2 Å². The van der Waals surface area contributed by atoms with Gasteiger partial charge in [0.15, 0.2) is 11.6 Å². The summed E-state index contributed by atoms with van der Waals surface area (Å²) in [6.45, 7) is 0. The van der Waals surface area contributed by atoms with Crippen molar-refractivity contribution in [3.63, 3.8) is 0 Å². The molecular weight excluding hydrogens is 212 g/mol. The van der Waals surface area contributed by atoms with E-state index in [0.29, 0.717) is 11.8 Å². The third-order valence-corrected chi connectivity index (χ3v) is 3.00. The Morgan fingerprint density at radius 2 is 2.06 bits per heavy atom. The number of nitrogens with one attached hydrogen (secondary N) is 1. The van der Waals surface area contributed by atoms with E-state index in [1.54, 1.807) is 0 Å². The fraction of sp³-hybridized carbons (Fsp3) is 0.500. The SMILES string of the molecule is CNC1CCCC1Oc1ccc(F)c(F)c1. The molecule has 16 heavy (non-hydrogen) atoms. The highest BCUT2D eigenvalue weighted by Gasteiger charge is 2.27. The minimum Gasteiger partial charge on any atom is -0.489 e. The topological polar surface area (TPSA) is 21.3 Å². The summed E-state index contributed by atoms with van der Waals surface area (Å²) in [6, 6.07) is 3.95. The Balaban J connectivity index is 2.05. The molecule has 0 aromatic heterocycles. The first-order valence-corrected chi connectivity index (χ1v) is 5.49. The van der Waals surface area contributed by atoms with Crippen molar-refractivity contribution in [1.82, 2.24) is 5.32 Å². The molecule has 2 rings (SSSR count). The van der Waals surface area contributed by atoms with Gasteiger partial charge in [-0.15, -0.1) is 0 Å². The highest BCUT2D eigenvalue weighted by molar-refractivity contribution is 5.24. The molecule has 0 bridgehead atoms. The molecule has 0 radical (unpaired) electrons. The van der Waals surface area contributed by atoms with Gasteiger partial charge in [0, 0.05) is 12.1 Å². The quantitative estimate of drug-likeness (QED) is 0.856. The lowest BCUT2D eigenvalue weighted by Crippen LogP contribution is -2.36. The van der Waals surface area contributed by atoms with E-state index < -0.39 is 11.6 Å². The lowest BCUT2D eigenvalue weighted by atomic mass is 10.2. The van der Waals surface area contributed by atoms with Crippen molar-refractivity contribution < 1.29 is 13.5 Å². The fourth-order valence-corrected chi connectivity index (χ4v) is 2.12. The zero-order chi connectivity index (χ0) is 11.5. The number of ether oxygens (including phenoxy) is 1. The van der Waals surface area contributed by atoms with E-state index in [1.807, 2.05) is 7.05 Å². The number of benzene rings is 1. The van der Waals surface area contributed by atoms with Gasteiger partial charge in [0.05, 0.1) is 0 Å². The van der Waals surface area contributed by atoms with Crippen LogP contribution in [0.15, 0.2) is 18.2 Å². The van der Waals surface area contributed by atoms with Gasteiger partial charge in [0.25, 0.3) is 0 Å². The molecule has 1 fully saturated rings. The molecule has 0 heterocycles. The first-order valence-electron chi connectivity index (χ1n) is 5.49. The van der Waals surface area contributed by atoms with Gasteiger partial charge < -0.3 is 10.1 Å². The zero-order valence-electron chi connectivity index (χ0n) is 9.17. The smallest absolute Gasteiger partial charge is 0.162 e. The second kappa shape index (κ2) is 4.78. The molecule has 2 atom stereocenters. The molecule has 1 saturated carbocycles. The highest BCUT2D eigenvalue weighted by atomic mass is 19.2. The van der Waals surface area contributed by atoms with Crippen LogP contribution in [0.3, 0.4) is 0 Å². The molecule has 1 aromatic carbocycles. The molecule has 4 heteroatoms. The van der Waals surface area contributed by atoms with Crippen molar-refractivity contribution in [2.24, 2.45) is 0 Å². The van der Waals surface area contributed by atoms with E-state index in [0.717, 1.165) is 31.4 Å². The van der Waals surface area contributed by atoms with Crippen molar-refractivity contribution >= 4 is 0 Å². The molecule has 1 N–H and O–H groups in total. The molecule has 2 nitrogen and oxygen atoms in total. The van der Waals surface area contributed by atoms with Crippen LogP contribution in [-0.2, 0) is 0 Å². The Bertz CT molecular complexity index is 370. The van der Waals surface area contributed by atoms with Gasteiger partial charge in [0.1, 0.15) is 11.9 Å². The van der Waals surface area contributed by atoms with E-state index in [4.69, 9.17) is 4.74 Å². The highest BCUT2D eigenvalue weighted by Crippen LogP contribution is 2.25. The van der Waals surface area contributed by atoms with Crippen molar-refractivity contribution in [1.29, 1.82) is 0 Å². The minimum absolute atomic E-state index is 0.0508. The van der Waals surface area contributed by atoms with Gasteiger partial charge in [0.2, 0.25) is 0 Å². The second-order valence-electron chi connectivity index (χ2n) is 4.06. The predicted octanol–water partition coefficient (Wildman–Crippen LogP) is 2.48. The van der Waals surface area contributed by atoms with E-state index in [1.165, 1.54) is 6.07 Å². The van der Waals surface area contributed by atoms with Gasteiger partial charge in [-0.2, -0.15) is 0 Å². The van der Waals surface area contributed by atoms with Crippen LogP contribution < -0.4 is 10.1 Å².